The van der Waals surface area contributed by atoms with E-state index in [1.54, 1.807) is 0 Å². The first-order valence-corrected chi connectivity index (χ1v) is 20.9. The molecule has 3 unspecified atom stereocenters. The minimum Gasteiger partial charge on any atom is -0.507 e. The third kappa shape index (κ3) is 7.17. The molecular weight excluding hydrogens is 703 g/mol. The van der Waals surface area contributed by atoms with Crippen LogP contribution in [0.3, 0.4) is 0 Å². The number of phenolic OH excluding ortho intramolecular Hbond substituents is 1. The zero-order chi connectivity index (χ0) is 36.1. The molecule has 3 amide bonds. The number of carbonyl (C=O) groups excluding carboxylic acids is 2. The number of thiol groups is 1. The molecule has 0 spiro atoms. The fourth-order valence-electron chi connectivity index (χ4n) is 8.72. The topological polar surface area (TPSA) is 159 Å². The van der Waals surface area contributed by atoms with Crippen molar-refractivity contribution in [1.82, 2.24) is 9.21 Å². The van der Waals surface area contributed by atoms with E-state index in [0.717, 1.165) is 35.8 Å². The Kier molecular flexibility index (Phi) is 11.0. The Morgan fingerprint density at radius 1 is 1.00 bits per heavy atom. The van der Waals surface area contributed by atoms with E-state index in [1.807, 2.05) is 6.07 Å². The first-order chi connectivity index (χ1) is 22.9. The van der Waals surface area contributed by atoms with Gasteiger partial charge in [0.25, 0.3) is 5.00 Å². The van der Waals surface area contributed by atoms with Gasteiger partial charge in [-0.25, -0.2) is 36.0 Å². The molecule has 6 aliphatic carbocycles. The number of alkyl halides is 2. The maximum Gasteiger partial charge on any atom is 0.418 e. The number of urea groups is 1. The van der Waals surface area contributed by atoms with Gasteiger partial charge in [0.05, 0.1) is 19.3 Å². The van der Waals surface area contributed by atoms with Crippen LogP contribution < -0.4 is 0 Å². The summed E-state index contributed by atoms with van der Waals surface area (Å²) in [5, 5.41) is 7.82. The predicted molar refractivity (Wildman–Crippen MR) is 182 cm³/mol. The molecule has 1 saturated heterocycles. The molecule has 2 saturated carbocycles. The third-order valence-corrected chi connectivity index (χ3v) is 15.2. The molecule has 0 radical (unpaired) electrons. The van der Waals surface area contributed by atoms with Gasteiger partial charge in [0.1, 0.15) is 12.4 Å². The Labute approximate surface area is 293 Å². The lowest BCUT2D eigenvalue weighted by Gasteiger charge is -2.43. The first kappa shape index (κ1) is 38.1. The van der Waals surface area contributed by atoms with Gasteiger partial charge in [-0.3, -0.25) is 4.55 Å². The van der Waals surface area contributed by atoms with Crippen LogP contribution in [-0.2, 0) is 29.6 Å². The van der Waals surface area contributed by atoms with Crippen molar-refractivity contribution in [3.8, 4) is 5.75 Å². The number of imide groups is 1. The van der Waals surface area contributed by atoms with Crippen molar-refractivity contribution in [2.45, 2.75) is 112 Å². The van der Waals surface area contributed by atoms with E-state index in [2.05, 4.69) is 19.9 Å². The van der Waals surface area contributed by atoms with Gasteiger partial charge in [-0.15, -0.1) is 0 Å². The molecule has 1 aromatic rings. The monoisotopic (exact) mass is 750 g/mol. The lowest BCUT2D eigenvalue weighted by Crippen LogP contribution is -2.54. The number of carbonyl (C=O) groups is 2. The van der Waals surface area contributed by atoms with Crippen molar-refractivity contribution >= 4 is 44.9 Å². The van der Waals surface area contributed by atoms with Crippen LogP contribution in [0.25, 0.3) is 0 Å². The van der Waals surface area contributed by atoms with Crippen LogP contribution in [-0.4, -0.2) is 84.9 Å². The van der Waals surface area contributed by atoms with Gasteiger partial charge >= 0.3 is 22.2 Å². The molecule has 8 rings (SSSR count). The van der Waals surface area contributed by atoms with Gasteiger partial charge in [-0.2, -0.15) is 21.0 Å². The molecule has 2 N–H and O–H groups in total. The molecule has 3 fully saturated rings. The second-order valence-corrected chi connectivity index (χ2v) is 18.7. The van der Waals surface area contributed by atoms with Gasteiger partial charge in [0.15, 0.2) is 6.17 Å². The summed E-state index contributed by atoms with van der Waals surface area (Å²) in [5.74, 6) is -2.10. The van der Waals surface area contributed by atoms with Gasteiger partial charge in [0, 0.05) is 10.7 Å². The molecule has 3 atom stereocenters. The lowest BCUT2D eigenvalue weighted by molar-refractivity contribution is -0.0224. The van der Waals surface area contributed by atoms with Gasteiger partial charge in [-0.05, 0) is 111 Å². The number of phenols is 1. The van der Waals surface area contributed by atoms with E-state index in [1.165, 1.54) is 0 Å². The van der Waals surface area contributed by atoms with E-state index in [9.17, 15) is 36.1 Å². The molecule has 0 aromatic heterocycles. The SMILES string of the molecule is CCC(S)(CC)c1cc2c(O)c(c1)C1CCC(CC1)C(C(F)(C(F)COC(=O)N1CCN(S(C)(=O)=O)C1=O)S(=O)(=O)O)CC1CCC2CC1. The third-order valence-electron chi connectivity index (χ3n) is 11.8. The minimum absolute atomic E-state index is 0.0130. The molecule has 1 heterocycles. The highest BCUT2D eigenvalue weighted by Gasteiger charge is 2.60. The second-order valence-electron chi connectivity index (χ2n) is 14.4. The summed E-state index contributed by atoms with van der Waals surface area (Å²) < 4.78 is 98.0. The highest BCUT2D eigenvalue weighted by molar-refractivity contribution is 7.89. The maximum absolute atomic E-state index is 17.2. The van der Waals surface area contributed by atoms with Crippen molar-refractivity contribution in [3.63, 3.8) is 0 Å². The van der Waals surface area contributed by atoms with E-state index in [0.29, 0.717) is 60.6 Å². The molecule has 49 heavy (non-hydrogen) atoms. The van der Waals surface area contributed by atoms with Gasteiger partial charge < -0.3 is 9.84 Å². The molecule has 7 aliphatic rings. The Morgan fingerprint density at radius 3 is 2.00 bits per heavy atom. The quantitative estimate of drug-likeness (QED) is 0.186. The number of aromatic hydroxyl groups is 1. The molecular formula is C33H48F2N2O9S3. The number of ether oxygens (including phenoxy) is 1. The summed E-state index contributed by atoms with van der Waals surface area (Å²) >= 11 is 5.05. The number of benzene rings is 1. The molecule has 16 heteroatoms. The first-order valence-electron chi connectivity index (χ1n) is 17.2. The van der Waals surface area contributed by atoms with Crippen LogP contribution in [0.1, 0.15) is 113 Å². The van der Waals surface area contributed by atoms with Crippen molar-refractivity contribution in [2.24, 2.45) is 17.8 Å². The summed E-state index contributed by atoms with van der Waals surface area (Å²) in [6.07, 6.45) is 1.92. The Hall–Kier alpha value is -2.17. The van der Waals surface area contributed by atoms with Crippen LogP contribution >= 0.6 is 12.6 Å². The fraction of sp³-hybridized carbons (Fsp3) is 0.758. The number of rotatable bonds is 9. The van der Waals surface area contributed by atoms with Crippen LogP contribution in [0.2, 0.25) is 0 Å². The van der Waals surface area contributed by atoms with Crippen LogP contribution in [0.15, 0.2) is 12.1 Å². The number of nitrogens with zero attached hydrogens (tertiary/aromatic N) is 2. The van der Waals surface area contributed by atoms with Crippen LogP contribution in [0.4, 0.5) is 18.4 Å². The number of hydrogen-bond donors (Lipinski definition) is 3. The summed E-state index contributed by atoms with van der Waals surface area (Å²) in [4.78, 5) is 25.5. The van der Waals surface area contributed by atoms with Gasteiger partial charge in [-0.1, -0.05) is 26.0 Å². The molecule has 276 valence electrons. The highest BCUT2D eigenvalue weighted by Crippen LogP contribution is 2.54. The summed E-state index contributed by atoms with van der Waals surface area (Å²) in [6.45, 7) is 2.00. The molecule has 11 nitrogen and oxygen atoms in total. The predicted octanol–water partition coefficient (Wildman–Crippen LogP) is 6.63. The number of sulfonamides is 1. The summed E-state index contributed by atoms with van der Waals surface area (Å²) in [6, 6.07) is 2.88. The Morgan fingerprint density at radius 2 is 1.53 bits per heavy atom. The Bertz CT molecular complexity index is 1640. The van der Waals surface area contributed by atoms with E-state index in [4.69, 9.17) is 17.4 Å². The fourth-order valence-corrected chi connectivity index (χ4v) is 10.7. The maximum atomic E-state index is 17.2. The molecule has 1 aliphatic heterocycles. The number of amides is 3. The van der Waals surface area contributed by atoms with E-state index in [-0.39, 0.29) is 47.8 Å². The van der Waals surface area contributed by atoms with E-state index >= 15 is 8.78 Å². The second kappa shape index (κ2) is 14.1. The number of halogens is 2. The standard InChI is InChI=1S/C33H48F2N2O9S3/c1-4-32(47,5-2)24-17-25-21-8-6-20(7-9-21)16-27(23-12-10-22(11-13-23)26(18-24)29(25)38)33(35,49(43,44)45)28(34)19-46-31(40)36-14-15-37(30(36)39)48(3,41)42/h17-18,20-23,27-28,38,47H,4-16,19H2,1-3H3,(H,43,44,45). The average Bonchev–Trinajstić information content (AvgIpc) is 3.47. The van der Waals surface area contributed by atoms with Crippen molar-refractivity contribution in [2.75, 3.05) is 26.0 Å². The minimum atomic E-state index is -5.72. The lowest BCUT2D eigenvalue weighted by atomic mass is 9.68. The highest BCUT2D eigenvalue weighted by atomic mass is 32.2. The van der Waals surface area contributed by atoms with Crippen molar-refractivity contribution < 1.29 is 49.6 Å². The summed E-state index contributed by atoms with van der Waals surface area (Å²) in [5.41, 5.74) is 2.72. The molecule has 6 bridgehead atoms. The largest absolute Gasteiger partial charge is 0.507 e. The average molecular weight is 751 g/mol. The van der Waals surface area contributed by atoms with Crippen LogP contribution in [0.5, 0.6) is 5.75 Å². The normalized spacial score (nSPS) is 28.4. The Balaban J connectivity index is 1.44. The smallest absolute Gasteiger partial charge is 0.418 e. The van der Waals surface area contributed by atoms with E-state index < -0.39 is 61.9 Å². The zero-order valence-electron chi connectivity index (χ0n) is 28.2. The zero-order valence-corrected chi connectivity index (χ0v) is 30.7. The van der Waals surface area contributed by atoms with Gasteiger partial charge in [0.2, 0.25) is 10.0 Å². The van der Waals surface area contributed by atoms with Crippen molar-refractivity contribution in [3.05, 3.63) is 28.8 Å². The van der Waals surface area contributed by atoms with Crippen molar-refractivity contribution in [1.29, 1.82) is 0 Å². The van der Waals surface area contributed by atoms with Crippen LogP contribution in [0, 0.1) is 17.8 Å². The number of hydrogen-bond acceptors (Lipinski definition) is 9. The molecule has 1 aromatic carbocycles. The summed E-state index contributed by atoms with van der Waals surface area (Å²) in [7, 11) is -9.71.